The first-order valence-electron chi connectivity index (χ1n) is 4.56. The fourth-order valence-electron chi connectivity index (χ4n) is 0.997. The smallest absolute Gasteiger partial charge is 0.326 e. The van der Waals surface area contributed by atoms with Gasteiger partial charge in [0.15, 0.2) is 4.87 Å². The third kappa shape index (κ3) is 3.90. The van der Waals surface area contributed by atoms with Gasteiger partial charge < -0.3 is 9.84 Å². The maximum absolute atomic E-state index is 10.7. The van der Waals surface area contributed by atoms with E-state index in [0.29, 0.717) is 6.61 Å². The first-order valence-corrected chi connectivity index (χ1v) is 4.94. The van der Waals surface area contributed by atoms with Gasteiger partial charge in [-0.3, -0.25) is 4.79 Å². The lowest BCUT2D eigenvalue weighted by Crippen LogP contribution is -2.33. The summed E-state index contributed by atoms with van der Waals surface area (Å²) in [7, 11) is 0. The van der Waals surface area contributed by atoms with Gasteiger partial charge in [-0.1, -0.05) is 30.3 Å². The highest BCUT2D eigenvalue weighted by atomic mass is 35.5. The van der Waals surface area contributed by atoms with Crippen LogP contribution in [-0.4, -0.2) is 22.6 Å². The molecule has 3 nitrogen and oxygen atoms in total. The van der Waals surface area contributed by atoms with E-state index in [2.05, 4.69) is 0 Å². The minimum Gasteiger partial charge on any atom is -0.480 e. The minimum atomic E-state index is -1.35. The molecule has 0 fully saturated rings. The van der Waals surface area contributed by atoms with Crippen molar-refractivity contribution in [1.82, 2.24) is 0 Å². The average molecular weight is 229 g/mol. The van der Waals surface area contributed by atoms with E-state index >= 15 is 0 Å². The normalized spacial score (nSPS) is 14.5. The Hall–Kier alpha value is -1.06. The van der Waals surface area contributed by atoms with Gasteiger partial charge in [-0.2, -0.15) is 0 Å². The fourth-order valence-corrected chi connectivity index (χ4v) is 1.07. The van der Waals surface area contributed by atoms with E-state index in [0.717, 1.165) is 5.56 Å². The second-order valence-electron chi connectivity index (χ2n) is 3.48. The Morgan fingerprint density at radius 2 is 2.07 bits per heavy atom. The van der Waals surface area contributed by atoms with Crippen LogP contribution in [-0.2, 0) is 16.1 Å². The van der Waals surface area contributed by atoms with Gasteiger partial charge in [-0.15, -0.1) is 11.6 Å². The Morgan fingerprint density at radius 3 is 2.60 bits per heavy atom. The van der Waals surface area contributed by atoms with Gasteiger partial charge >= 0.3 is 5.97 Å². The molecule has 0 unspecified atom stereocenters. The topological polar surface area (TPSA) is 46.5 Å². The second kappa shape index (κ2) is 5.14. The predicted octanol–water partition coefficient (Wildman–Crippen LogP) is 2.29. The molecule has 1 rings (SSSR count). The molecule has 4 heteroatoms. The lowest BCUT2D eigenvalue weighted by atomic mass is 10.2. The lowest BCUT2D eigenvalue weighted by Gasteiger charge is -2.16. The van der Waals surface area contributed by atoms with Crippen molar-refractivity contribution < 1.29 is 14.6 Å². The van der Waals surface area contributed by atoms with Crippen LogP contribution in [0.2, 0.25) is 0 Å². The van der Waals surface area contributed by atoms with Gasteiger partial charge in [0.2, 0.25) is 0 Å². The van der Waals surface area contributed by atoms with Gasteiger partial charge in [0.25, 0.3) is 0 Å². The van der Waals surface area contributed by atoms with E-state index in [1.54, 1.807) is 0 Å². The van der Waals surface area contributed by atoms with Gasteiger partial charge in [0, 0.05) is 0 Å². The standard InChI is InChI=1S/C11H13ClO3/c1-11(12,10(13)14)8-15-7-9-5-3-2-4-6-9/h2-6H,7-8H2,1H3,(H,13,14)/t11-/m1/s1. The monoisotopic (exact) mass is 228 g/mol. The molecule has 1 N–H and O–H groups in total. The number of ether oxygens (including phenoxy) is 1. The van der Waals surface area contributed by atoms with Crippen molar-refractivity contribution in [2.24, 2.45) is 0 Å². The predicted molar refractivity (Wildman–Crippen MR) is 58.0 cm³/mol. The van der Waals surface area contributed by atoms with Crippen molar-refractivity contribution in [3.05, 3.63) is 35.9 Å². The van der Waals surface area contributed by atoms with Crippen LogP contribution in [0.3, 0.4) is 0 Å². The van der Waals surface area contributed by atoms with Crippen molar-refractivity contribution in [2.45, 2.75) is 18.4 Å². The van der Waals surface area contributed by atoms with Crippen LogP contribution in [0.15, 0.2) is 30.3 Å². The van der Waals surface area contributed by atoms with Gasteiger partial charge in [-0.25, -0.2) is 0 Å². The molecule has 0 heterocycles. The SMILES string of the molecule is C[C@@](Cl)(COCc1ccccc1)C(=O)O. The molecule has 0 aromatic heterocycles. The Labute approximate surface area is 93.6 Å². The number of alkyl halides is 1. The number of carboxylic acids is 1. The first kappa shape index (κ1) is 12.0. The number of carboxylic acid groups (broad SMARTS) is 1. The number of hydrogen-bond donors (Lipinski definition) is 1. The van der Waals surface area contributed by atoms with Crippen molar-refractivity contribution >= 4 is 17.6 Å². The number of hydrogen-bond acceptors (Lipinski definition) is 2. The van der Waals surface area contributed by atoms with Gasteiger partial charge in [-0.05, 0) is 12.5 Å². The highest BCUT2D eigenvalue weighted by Crippen LogP contribution is 2.15. The molecule has 1 aromatic rings. The third-order valence-corrected chi connectivity index (χ3v) is 2.20. The molecule has 0 amide bonds. The quantitative estimate of drug-likeness (QED) is 0.787. The van der Waals surface area contributed by atoms with Crippen LogP contribution >= 0.6 is 11.6 Å². The van der Waals surface area contributed by atoms with Crippen molar-refractivity contribution in [2.75, 3.05) is 6.61 Å². The molecular formula is C11H13ClO3. The fraction of sp³-hybridized carbons (Fsp3) is 0.364. The highest BCUT2D eigenvalue weighted by molar-refractivity contribution is 6.33. The molecule has 0 aliphatic heterocycles. The summed E-state index contributed by atoms with van der Waals surface area (Å²) < 4.78 is 5.23. The largest absolute Gasteiger partial charge is 0.480 e. The summed E-state index contributed by atoms with van der Waals surface area (Å²) >= 11 is 5.71. The van der Waals surface area contributed by atoms with Crippen LogP contribution in [0.5, 0.6) is 0 Å². The lowest BCUT2D eigenvalue weighted by molar-refractivity contribution is -0.141. The van der Waals surface area contributed by atoms with E-state index < -0.39 is 10.8 Å². The summed E-state index contributed by atoms with van der Waals surface area (Å²) in [5.74, 6) is -1.07. The first-order chi connectivity index (χ1) is 7.02. The average Bonchev–Trinajstić information content (AvgIpc) is 2.19. The number of carbonyl (C=O) groups is 1. The summed E-state index contributed by atoms with van der Waals surface area (Å²) in [6.45, 7) is 1.77. The van der Waals surface area contributed by atoms with E-state index in [4.69, 9.17) is 21.4 Å². The van der Waals surface area contributed by atoms with E-state index in [9.17, 15) is 4.79 Å². The summed E-state index contributed by atoms with van der Waals surface area (Å²) in [6.07, 6.45) is 0. The Balaban J connectivity index is 2.37. The highest BCUT2D eigenvalue weighted by Gasteiger charge is 2.30. The summed E-state index contributed by atoms with van der Waals surface area (Å²) in [4.78, 5) is 9.30. The molecule has 15 heavy (non-hydrogen) atoms. The zero-order valence-corrected chi connectivity index (χ0v) is 9.20. The molecule has 0 bridgehead atoms. The molecule has 0 saturated carbocycles. The Kier molecular flexibility index (Phi) is 4.12. The molecule has 0 radical (unpaired) electrons. The van der Waals surface area contributed by atoms with Gasteiger partial charge in [0.1, 0.15) is 0 Å². The van der Waals surface area contributed by atoms with Crippen molar-refractivity contribution in [3.8, 4) is 0 Å². The van der Waals surface area contributed by atoms with Gasteiger partial charge in [0.05, 0.1) is 13.2 Å². The number of benzene rings is 1. The zero-order chi connectivity index (χ0) is 11.3. The van der Waals surface area contributed by atoms with E-state index in [1.165, 1.54) is 6.92 Å². The van der Waals surface area contributed by atoms with Crippen LogP contribution in [0.25, 0.3) is 0 Å². The Bertz CT molecular complexity index is 322. The molecule has 0 aliphatic rings. The maximum atomic E-state index is 10.7. The van der Waals surface area contributed by atoms with Crippen molar-refractivity contribution in [3.63, 3.8) is 0 Å². The Morgan fingerprint density at radius 1 is 1.47 bits per heavy atom. The summed E-state index contributed by atoms with van der Waals surface area (Å²) in [6, 6.07) is 9.52. The molecule has 0 saturated heterocycles. The molecule has 82 valence electrons. The number of rotatable bonds is 5. The molecular weight excluding hydrogens is 216 g/mol. The van der Waals surface area contributed by atoms with Crippen molar-refractivity contribution in [1.29, 1.82) is 0 Å². The third-order valence-electron chi connectivity index (χ3n) is 1.93. The number of halogens is 1. The zero-order valence-electron chi connectivity index (χ0n) is 8.44. The molecule has 0 aliphatic carbocycles. The van der Waals surface area contributed by atoms with E-state index in [1.807, 2.05) is 30.3 Å². The van der Waals surface area contributed by atoms with E-state index in [-0.39, 0.29) is 6.61 Å². The maximum Gasteiger partial charge on any atom is 0.326 e. The minimum absolute atomic E-state index is 0.0151. The number of aliphatic carboxylic acids is 1. The molecule has 1 aromatic carbocycles. The van der Waals surface area contributed by atoms with Crippen LogP contribution < -0.4 is 0 Å². The van der Waals surface area contributed by atoms with Crippen LogP contribution in [0.1, 0.15) is 12.5 Å². The summed E-state index contributed by atoms with van der Waals surface area (Å²) in [5.41, 5.74) is 0.996. The molecule has 0 spiro atoms. The molecule has 1 atom stereocenters. The van der Waals surface area contributed by atoms with Crippen LogP contribution in [0.4, 0.5) is 0 Å². The second-order valence-corrected chi connectivity index (χ2v) is 4.32. The summed E-state index contributed by atoms with van der Waals surface area (Å²) in [5, 5.41) is 8.73. The van der Waals surface area contributed by atoms with Crippen LogP contribution in [0, 0.1) is 0 Å².